The number of nitrogens with zero attached hydrogens (tertiary/aromatic N) is 2. The van der Waals surface area contributed by atoms with Gasteiger partial charge in [0, 0.05) is 24.7 Å². The Bertz CT molecular complexity index is 381. The number of aromatic nitrogens is 1. The third-order valence-corrected chi connectivity index (χ3v) is 3.45. The Morgan fingerprint density at radius 2 is 2.33 bits per heavy atom. The van der Waals surface area contributed by atoms with E-state index in [1.807, 2.05) is 25.1 Å². The molecule has 2 rings (SSSR count). The van der Waals surface area contributed by atoms with Crippen molar-refractivity contribution >= 4 is 5.82 Å². The minimum Gasteiger partial charge on any atom is -0.478 e. The molecule has 1 aromatic rings. The van der Waals surface area contributed by atoms with Crippen molar-refractivity contribution in [3.8, 4) is 5.88 Å². The van der Waals surface area contributed by atoms with E-state index in [-0.39, 0.29) is 6.04 Å². The van der Waals surface area contributed by atoms with E-state index in [0.29, 0.717) is 18.5 Å². The third kappa shape index (κ3) is 2.93. The number of piperidine rings is 1. The van der Waals surface area contributed by atoms with E-state index in [9.17, 15) is 0 Å². The van der Waals surface area contributed by atoms with E-state index in [0.717, 1.165) is 18.8 Å². The molecule has 100 valence electrons. The maximum atomic E-state index is 6.09. The van der Waals surface area contributed by atoms with Crippen LogP contribution in [0.3, 0.4) is 0 Å². The fourth-order valence-electron chi connectivity index (χ4n) is 2.58. The van der Waals surface area contributed by atoms with Gasteiger partial charge in [-0.3, -0.25) is 0 Å². The van der Waals surface area contributed by atoms with Crippen molar-refractivity contribution < 1.29 is 4.74 Å². The maximum absolute atomic E-state index is 6.09. The van der Waals surface area contributed by atoms with Gasteiger partial charge in [-0.15, -0.1) is 0 Å². The minimum absolute atomic E-state index is 0.169. The van der Waals surface area contributed by atoms with Crippen LogP contribution in [0.15, 0.2) is 18.2 Å². The van der Waals surface area contributed by atoms with Crippen LogP contribution in [0.2, 0.25) is 0 Å². The lowest BCUT2D eigenvalue weighted by molar-refractivity contribution is 0.325. The molecular weight excluding hydrogens is 226 g/mol. The lowest BCUT2D eigenvalue weighted by atomic mass is 9.97. The van der Waals surface area contributed by atoms with Gasteiger partial charge in [0.05, 0.1) is 6.61 Å². The van der Waals surface area contributed by atoms with Crippen molar-refractivity contribution in [1.82, 2.24) is 4.98 Å². The number of rotatable bonds is 4. The molecule has 1 saturated heterocycles. The predicted molar refractivity (Wildman–Crippen MR) is 74.0 cm³/mol. The highest BCUT2D eigenvalue weighted by Crippen LogP contribution is 2.26. The minimum atomic E-state index is 0.169. The lowest BCUT2D eigenvalue weighted by Gasteiger charge is -2.39. The fourth-order valence-corrected chi connectivity index (χ4v) is 2.58. The van der Waals surface area contributed by atoms with Gasteiger partial charge >= 0.3 is 0 Å². The van der Waals surface area contributed by atoms with Gasteiger partial charge in [0.15, 0.2) is 0 Å². The molecule has 0 aliphatic carbocycles. The molecule has 4 nitrogen and oxygen atoms in total. The second-order valence-electron chi connectivity index (χ2n) is 4.88. The Balaban J connectivity index is 2.19. The molecule has 2 unspecified atom stereocenters. The third-order valence-electron chi connectivity index (χ3n) is 3.45. The highest BCUT2D eigenvalue weighted by Gasteiger charge is 2.26. The second-order valence-corrected chi connectivity index (χ2v) is 4.88. The molecule has 2 N–H and O–H groups in total. The van der Waals surface area contributed by atoms with Crippen molar-refractivity contribution in [3.05, 3.63) is 18.2 Å². The second kappa shape index (κ2) is 6.05. The first-order chi connectivity index (χ1) is 8.72. The number of nitrogens with two attached hydrogens (primary N) is 1. The number of ether oxygens (including phenoxy) is 1. The zero-order valence-electron chi connectivity index (χ0n) is 11.3. The van der Waals surface area contributed by atoms with Crippen molar-refractivity contribution in [2.75, 3.05) is 18.1 Å². The normalized spacial score (nSPS) is 21.7. The number of pyridine rings is 1. The lowest BCUT2D eigenvalue weighted by Crippen LogP contribution is -2.49. The van der Waals surface area contributed by atoms with Gasteiger partial charge in [-0.1, -0.05) is 6.07 Å². The molecule has 18 heavy (non-hydrogen) atoms. The van der Waals surface area contributed by atoms with E-state index >= 15 is 0 Å². The van der Waals surface area contributed by atoms with Crippen LogP contribution in [0.5, 0.6) is 5.88 Å². The Labute approximate surface area is 109 Å². The Morgan fingerprint density at radius 1 is 1.50 bits per heavy atom. The van der Waals surface area contributed by atoms with E-state index in [2.05, 4.69) is 16.8 Å². The van der Waals surface area contributed by atoms with Gasteiger partial charge in [0.2, 0.25) is 5.88 Å². The monoisotopic (exact) mass is 249 g/mol. The molecule has 2 atom stereocenters. The summed E-state index contributed by atoms with van der Waals surface area (Å²) in [7, 11) is 0. The molecule has 0 radical (unpaired) electrons. The summed E-state index contributed by atoms with van der Waals surface area (Å²) < 4.78 is 5.46. The Morgan fingerprint density at radius 3 is 3.06 bits per heavy atom. The Kier molecular flexibility index (Phi) is 4.42. The van der Waals surface area contributed by atoms with E-state index in [1.165, 1.54) is 12.8 Å². The van der Waals surface area contributed by atoms with Gasteiger partial charge in [-0.2, -0.15) is 4.98 Å². The summed E-state index contributed by atoms with van der Waals surface area (Å²) in [6.07, 6.45) is 3.62. The van der Waals surface area contributed by atoms with Crippen LogP contribution in [-0.4, -0.2) is 30.2 Å². The zero-order chi connectivity index (χ0) is 13.0. The molecule has 1 aliphatic rings. The predicted octanol–water partition coefficient (Wildman–Crippen LogP) is 2.19. The first-order valence-corrected chi connectivity index (χ1v) is 6.84. The molecule has 1 aliphatic heterocycles. The molecule has 2 heterocycles. The molecule has 1 fully saturated rings. The van der Waals surface area contributed by atoms with Crippen LogP contribution in [0, 0.1) is 0 Å². The highest BCUT2D eigenvalue weighted by atomic mass is 16.5. The fraction of sp³-hybridized carbons (Fsp3) is 0.643. The number of anilines is 1. The molecule has 1 aromatic heterocycles. The van der Waals surface area contributed by atoms with Gasteiger partial charge in [0.25, 0.3) is 0 Å². The smallest absolute Gasteiger partial charge is 0.215 e. The summed E-state index contributed by atoms with van der Waals surface area (Å²) in [5, 5.41) is 0. The van der Waals surface area contributed by atoms with Crippen LogP contribution in [0.25, 0.3) is 0 Å². The van der Waals surface area contributed by atoms with Crippen molar-refractivity contribution in [2.24, 2.45) is 5.73 Å². The summed E-state index contributed by atoms with van der Waals surface area (Å²) in [6.45, 7) is 5.73. The van der Waals surface area contributed by atoms with Crippen LogP contribution in [-0.2, 0) is 0 Å². The summed E-state index contributed by atoms with van der Waals surface area (Å²) in [6, 6.07) is 6.51. The van der Waals surface area contributed by atoms with Crippen LogP contribution in [0.4, 0.5) is 5.82 Å². The molecule has 0 bridgehead atoms. The average molecular weight is 249 g/mol. The van der Waals surface area contributed by atoms with E-state index in [4.69, 9.17) is 10.5 Å². The van der Waals surface area contributed by atoms with Crippen LogP contribution >= 0.6 is 0 Å². The van der Waals surface area contributed by atoms with Crippen molar-refractivity contribution in [2.45, 2.75) is 45.2 Å². The molecule has 4 heteroatoms. The van der Waals surface area contributed by atoms with Gasteiger partial charge in [0.1, 0.15) is 5.82 Å². The topological polar surface area (TPSA) is 51.4 Å². The maximum Gasteiger partial charge on any atom is 0.215 e. The summed E-state index contributed by atoms with van der Waals surface area (Å²) >= 11 is 0. The molecule has 0 aromatic carbocycles. The van der Waals surface area contributed by atoms with Gasteiger partial charge in [-0.25, -0.2) is 0 Å². The van der Waals surface area contributed by atoms with Crippen molar-refractivity contribution in [3.63, 3.8) is 0 Å². The zero-order valence-corrected chi connectivity index (χ0v) is 11.3. The van der Waals surface area contributed by atoms with Crippen LogP contribution in [0.1, 0.15) is 33.1 Å². The summed E-state index contributed by atoms with van der Waals surface area (Å²) in [4.78, 5) is 6.90. The van der Waals surface area contributed by atoms with Crippen LogP contribution < -0.4 is 15.4 Å². The molecule has 0 spiro atoms. The quantitative estimate of drug-likeness (QED) is 0.888. The number of hydrogen-bond donors (Lipinski definition) is 1. The summed E-state index contributed by atoms with van der Waals surface area (Å²) in [5.74, 6) is 1.69. The number of hydrogen-bond acceptors (Lipinski definition) is 4. The molecule has 0 amide bonds. The average Bonchev–Trinajstić information content (AvgIpc) is 2.39. The first kappa shape index (κ1) is 13.1. The first-order valence-electron chi connectivity index (χ1n) is 6.84. The van der Waals surface area contributed by atoms with Gasteiger partial charge < -0.3 is 15.4 Å². The van der Waals surface area contributed by atoms with Gasteiger partial charge in [-0.05, 0) is 39.2 Å². The Hall–Kier alpha value is -1.29. The molecule has 0 saturated carbocycles. The standard InChI is InChI=1S/C14H23N3O/c1-3-18-14-9-6-8-13(16-14)17-10-5-4-7-12(17)11(2)15/h6,8-9,11-12H,3-5,7,10,15H2,1-2H3. The summed E-state index contributed by atoms with van der Waals surface area (Å²) in [5.41, 5.74) is 6.09. The highest BCUT2D eigenvalue weighted by molar-refractivity contribution is 5.42. The van der Waals surface area contributed by atoms with E-state index in [1.54, 1.807) is 0 Å². The largest absolute Gasteiger partial charge is 0.478 e. The SMILES string of the molecule is CCOc1cccc(N2CCCCC2C(C)N)n1. The van der Waals surface area contributed by atoms with Crippen molar-refractivity contribution in [1.29, 1.82) is 0 Å². The van der Waals surface area contributed by atoms with E-state index < -0.39 is 0 Å². The molecular formula is C14H23N3O.